The number of ether oxygens (including phenoxy) is 6. The summed E-state index contributed by atoms with van der Waals surface area (Å²) in [7, 11) is 0. The molecule has 19 heteroatoms. The van der Waals surface area contributed by atoms with Gasteiger partial charge < -0.3 is 89.9 Å². The minimum absolute atomic E-state index is 0.241. The van der Waals surface area contributed by atoms with E-state index in [-0.39, 0.29) is 18.9 Å². The molecule has 3 fully saturated rings. The summed E-state index contributed by atoms with van der Waals surface area (Å²) < 4.78 is 34.4. The number of rotatable bonds is 68. The maximum Gasteiger partial charge on any atom is 0.220 e. The van der Waals surface area contributed by atoms with E-state index in [0.29, 0.717) is 12.8 Å². The molecule has 0 radical (unpaired) electrons. The molecular formula is C82H155NO18. The Morgan fingerprint density at radius 1 is 0.347 bits per heavy atom. The van der Waals surface area contributed by atoms with Gasteiger partial charge in [0, 0.05) is 6.42 Å². The van der Waals surface area contributed by atoms with E-state index in [1.807, 2.05) is 6.08 Å². The molecule has 596 valence electrons. The summed E-state index contributed by atoms with van der Waals surface area (Å²) in [6, 6.07) is -0.988. The predicted octanol–water partition coefficient (Wildman–Crippen LogP) is 14.5. The van der Waals surface area contributed by atoms with Gasteiger partial charge in [-0.05, 0) is 32.1 Å². The molecule has 3 aliphatic heterocycles. The minimum Gasteiger partial charge on any atom is -0.394 e. The smallest absolute Gasteiger partial charge is 0.220 e. The third kappa shape index (κ3) is 43.2. The van der Waals surface area contributed by atoms with E-state index in [2.05, 4.69) is 31.3 Å². The zero-order valence-electron chi connectivity index (χ0n) is 63.9. The fraction of sp³-hybridized carbons (Fsp3) is 0.939. The largest absolute Gasteiger partial charge is 0.394 e. The van der Waals surface area contributed by atoms with Crippen LogP contribution in [0, 0.1) is 0 Å². The van der Waals surface area contributed by atoms with Crippen LogP contribution < -0.4 is 5.32 Å². The van der Waals surface area contributed by atoms with Gasteiger partial charge in [-0.2, -0.15) is 0 Å². The molecule has 101 heavy (non-hydrogen) atoms. The highest BCUT2D eigenvalue weighted by molar-refractivity contribution is 5.76. The summed E-state index contributed by atoms with van der Waals surface area (Å²) in [4.78, 5) is 13.5. The van der Waals surface area contributed by atoms with E-state index in [0.717, 1.165) is 38.5 Å². The van der Waals surface area contributed by atoms with Gasteiger partial charge in [-0.1, -0.05) is 346 Å². The molecule has 17 atom stereocenters. The van der Waals surface area contributed by atoms with Crippen molar-refractivity contribution in [3.8, 4) is 0 Å². The van der Waals surface area contributed by atoms with Crippen LogP contribution in [0.25, 0.3) is 0 Å². The number of carbonyl (C=O) groups is 1. The number of nitrogens with one attached hydrogen (secondary N) is 1. The highest BCUT2D eigenvalue weighted by atomic mass is 16.8. The van der Waals surface area contributed by atoms with E-state index in [1.54, 1.807) is 6.08 Å². The van der Waals surface area contributed by atoms with Crippen LogP contribution in [-0.2, 0) is 33.2 Å². The monoisotopic (exact) mass is 1440 g/mol. The van der Waals surface area contributed by atoms with Crippen LogP contribution in [0.2, 0.25) is 0 Å². The first-order valence-corrected chi connectivity index (χ1v) is 42.1. The Morgan fingerprint density at radius 2 is 0.634 bits per heavy atom. The highest BCUT2D eigenvalue weighted by Crippen LogP contribution is 2.33. The van der Waals surface area contributed by atoms with Gasteiger partial charge in [0.1, 0.15) is 73.2 Å². The first-order valence-electron chi connectivity index (χ1n) is 42.1. The van der Waals surface area contributed by atoms with Crippen molar-refractivity contribution in [2.24, 2.45) is 0 Å². The van der Waals surface area contributed by atoms with Crippen molar-refractivity contribution in [3.63, 3.8) is 0 Å². The molecule has 3 saturated heterocycles. The quantitative estimate of drug-likeness (QED) is 0.0199. The summed E-state index contributed by atoms with van der Waals surface area (Å²) in [6.45, 7) is 1.78. The third-order valence-corrected chi connectivity index (χ3v) is 21.3. The lowest BCUT2D eigenvalue weighted by molar-refractivity contribution is -0.379. The third-order valence-electron chi connectivity index (χ3n) is 21.3. The molecule has 0 aromatic heterocycles. The fourth-order valence-electron chi connectivity index (χ4n) is 14.5. The number of amides is 1. The summed E-state index contributed by atoms with van der Waals surface area (Å²) in [5.74, 6) is -0.277. The van der Waals surface area contributed by atoms with Crippen LogP contribution in [0.3, 0.4) is 0 Å². The van der Waals surface area contributed by atoms with Crippen LogP contribution in [0.4, 0.5) is 0 Å². The first-order chi connectivity index (χ1) is 49.3. The van der Waals surface area contributed by atoms with Gasteiger partial charge in [-0.25, -0.2) is 0 Å². The van der Waals surface area contributed by atoms with Crippen molar-refractivity contribution < 1.29 is 89.4 Å². The van der Waals surface area contributed by atoms with E-state index >= 15 is 0 Å². The topological polar surface area (TPSA) is 307 Å². The van der Waals surface area contributed by atoms with Crippen molar-refractivity contribution in [1.82, 2.24) is 5.32 Å². The van der Waals surface area contributed by atoms with Crippen LogP contribution in [-0.4, -0.2) is 193 Å². The van der Waals surface area contributed by atoms with Crippen LogP contribution in [0.1, 0.15) is 361 Å². The van der Waals surface area contributed by atoms with Gasteiger partial charge in [0.2, 0.25) is 5.91 Å². The number of aliphatic hydroxyl groups is 11. The molecule has 0 saturated carbocycles. The Bertz CT molecular complexity index is 1920. The minimum atomic E-state index is -1.98. The zero-order chi connectivity index (χ0) is 73.2. The van der Waals surface area contributed by atoms with Crippen LogP contribution >= 0.6 is 0 Å². The molecule has 0 aromatic rings. The SMILES string of the molecule is CCCCCCCCCCCCCCCCC/C=C/CC/C=C/C(O)C(COC1OC(CO)C(OC2OC(CO)C(OC3OC(CO)C(O)C(O)C3O)C(O)C2O)C(O)C1O)NC(=O)CCCCCCCCCCCCCCCCCCCCCCCCCCCCCCCCCCCCC. The van der Waals surface area contributed by atoms with Crippen LogP contribution in [0.15, 0.2) is 24.3 Å². The molecular weight excluding hydrogens is 1290 g/mol. The number of hydrogen-bond donors (Lipinski definition) is 12. The Balaban J connectivity index is 1.33. The lowest BCUT2D eigenvalue weighted by Crippen LogP contribution is -2.66. The normalized spacial score (nSPS) is 26.4. The molecule has 0 bridgehead atoms. The number of carbonyl (C=O) groups excluding carboxylic acids is 1. The number of allylic oxidation sites excluding steroid dienone is 3. The second-order valence-electron chi connectivity index (χ2n) is 30.3. The second-order valence-corrected chi connectivity index (χ2v) is 30.3. The van der Waals surface area contributed by atoms with Gasteiger partial charge >= 0.3 is 0 Å². The van der Waals surface area contributed by atoms with Gasteiger partial charge in [-0.3, -0.25) is 4.79 Å². The summed E-state index contributed by atoms with van der Waals surface area (Å²) in [6.07, 6.45) is 50.5. The summed E-state index contributed by atoms with van der Waals surface area (Å²) in [5, 5.41) is 121. The molecule has 17 unspecified atom stereocenters. The molecule has 0 aromatic carbocycles. The van der Waals surface area contributed by atoms with E-state index < -0.39 is 124 Å². The number of aliphatic hydroxyl groups excluding tert-OH is 11. The van der Waals surface area contributed by atoms with Crippen molar-refractivity contribution >= 4 is 5.91 Å². The van der Waals surface area contributed by atoms with Crippen molar-refractivity contribution in [1.29, 1.82) is 0 Å². The van der Waals surface area contributed by atoms with Crippen molar-refractivity contribution in [2.75, 3.05) is 26.4 Å². The average Bonchev–Trinajstić information content (AvgIpc) is 0.797. The van der Waals surface area contributed by atoms with Crippen LogP contribution in [0.5, 0.6) is 0 Å². The first kappa shape index (κ1) is 93.5. The summed E-state index contributed by atoms with van der Waals surface area (Å²) in [5.41, 5.74) is 0. The van der Waals surface area contributed by atoms with Gasteiger partial charge in [0.05, 0.1) is 38.6 Å². The van der Waals surface area contributed by atoms with Crippen molar-refractivity contribution in [3.05, 3.63) is 24.3 Å². The van der Waals surface area contributed by atoms with E-state index in [4.69, 9.17) is 28.4 Å². The maximum atomic E-state index is 13.5. The Kier molecular flexibility index (Phi) is 58.5. The molecule has 1 amide bonds. The Morgan fingerprint density at radius 3 is 0.990 bits per heavy atom. The zero-order valence-corrected chi connectivity index (χ0v) is 63.9. The van der Waals surface area contributed by atoms with Gasteiger partial charge in [0.15, 0.2) is 18.9 Å². The summed E-state index contributed by atoms with van der Waals surface area (Å²) >= 11 is 0. The standard InChI is InChI=1S/C82H155NO18/c1-3-5-7-9-11-13-15-17-19-21-23-25-26-27-28-29-30-31-32-33-34-35-36-37-38-40-42-44-46-48-50-52-54-56-58-60-70(88)83-65(66(87)59-57-55-53-51-49-47-45-43-41-39-24-22-20-18-16-14-12-10-8-6-4-2)64-96-80-76(94)73(91)78(68(62-85)98-80)101-82-77(95)74(92)79(69(63-86)99-82)100-81-75(93)72(90)71(89)67(61-84)97-81/h49,51,57,59,65-69,71-82,84-87,89-95H,3-48,50,52-56,58,60-64H2,1-2H3,(H,83,88)/b51-49+,59-57+. The number of unbranched alkanes of at least 4 members (excludes halogenated alkanes) is 50. The highest BCUT2D eigenvalue weighted by Gasteiger charge is 2.54. The lowest BCUT2D eigenvalue weighted by atomic mass is 9.96. The molecule has 3 aliphatic rings. The molecule has 0 spiro atoms. The molecule has 12 N–H and O–H groups in total. The maximum absolute atomic E-state index is 13.5. The molecule has 3 heterocycles. The predicted molar refractivity (Wildman–Crippen MR) is 402 cm³/mol. The Hall–Kier alpha value is -1.73. The van der Waals surface area contributed by atoms with E-state index in [1.165, 1.54) is 289 Å². The number of hydrogen-bond acceptors (Lipinski definition) is 18. The van der Waals surface area contributed by atoms with Gasteiger partial charge in [-0.15, -0.1) is 0 Å². The Labute approximate surface area is 613 Å². The average molecular weight is 1440 g/mol. The van der Waals surface area contributed by atoms with E-state index in [9.17, 15) is 61.0 Å². The second kappa shape index (κ2) is 63.2. The molecule has 3 rings (SSSR count). The lowest BCUT2D eigenvalue weighted by Gasteiger charge is -2.48. The molecule has 0 aliphatic carbocycles. The van der Waals surface area contributed by atoms with Crippen molar-refractivity contribution in [2.45, 2.75) is 465 Å². The van der Waals surface area contributed by atoms with Gasteiger partial charge in [0.25, 0.3) is 0 Å². The fourth-order valence-corrected chi connectivity index (χ4v) is 14.5. The molecule has 19 nitrogen and oxygen atoms in total.